The number of fused-ring (bicyclic) bond motifs is 1. The smallest absolute Gasteiger partial charge is 0.311 e. The van der Waals surface area contributed by atoms with E-state index >= 15 is 0 Å². The molecule has 7 heteroatoms. The molecule has 0 aliphatic carbocycles. The average molecular weight is 425 g/mol. The van der Waals surface area contributed by atoms with E-state index in [1.54, 1.807) is 18.2 Å². The van der Waals surface area contributed by atoms with E-state index < -0.39 is 23.3 Å². The van der Waals surface area contributed by atoms with E-state index in [0.29, 0.717) is 26.0 Å². The maximum atomic E-state index is 13.6. The minimum Gasteiger partial charge on any atom is -0.481 e. The predicted octanol–water partition coefficient (Wildman–Crippen LogP) is 4.49. The first-order chi connectivity index (χ1) is 11.8. The second-order valence-corrected chi connectivity index (χ2v) is 6.88. The molecule has 0 saturated carbocycles. The molecule has 0 bridgehead atoms. The molecule has 0 radical (unpaired) electrons. The number of carboxylic acids is 1. The molecule has 128 valence electrons. The van der Waals surface area contributed by atoms with Gasteiger partial charge >= 0.3 is 5.97 Å². The fourth-order valence-corrected chi connectivity index (χ4v) is 3.22. The zero-order valence-electron chi connectivity index (χ0n) is 12.7. The quantitative estimate of drug-likeness (QED) is 0.648. The number of carbonyl (C=O) groups is 1. The maximum Gasteiger partial charge on any atom is 0.311 e. The van der Waals surface area contributed by atoms with Gasteiger partial charge in [-0.3, -0.25) is 9.59 Å². The van der Waals surface area contributed by atoms with E-state index in [0.717, 1.165) is 0 Å². The lowest BCUT2D eigenvalue weighted by Gasteiger charge is -2.15. The van der Waals surface area contributed by atoms with Gasteiger partial charge in [-0.25, -0.2) is 4.39 Å². The van der Waals surface area contributed by atoms with Crippen LogP contribution in [0.1, 0.15) is 17.0 Å². The van der Waals surface area contributed by atoms with Crippen LogP contribution in [0.4, 0.5) is 4.39 Å². The van der Waals surface area contributed by atoms with Crippen molar-refractivity contribution in [1.82, 2.24) is 4.98 Å². The number of aromatic amines is 1. The van der Waals surface area contributed by atoms with Crippen molar-refractivity contribution in [2.75, 3.05) is 0 Å². The molecule has 4 nitrogen and oxygen atoms in total. The SMILES string of the molecule is O=C(O)C(Cc1ccc(Br)c(Cl)c1)c1cc(=O)[nH]c2ccc(F)cc12. The summed E-state index contributed by atoms with van der Waals surface area (Å²) < 4.78 is 14.3. The molecule has 25 heavy (non-hydrogen) atoms. The van der Waals surface area contributed by atoms with Crippen molar-refractivity contribution in [3.63, 3.8) is 0 Å². The number of H-pyrrole nitrogens is 1. The average Bonchev–Trinajstić information content (AvgIpc) is 2.55. The lowest BCUT2D eigenvalue weighted by molar-refractivity contribution is -0.138. The zero-order chi connectivity index (χ0) is 18.1. The first-order valence-electron chi connectivity index (χ1n) is 7.34. The third-order valence-corrected chi connectivity index (χ3v) is 5.17. The summed E-state index contributed by atoms with van der Waals surface area (Å²) in [6, 6.07) is 10.2. The van der Waals surface area contributed by atoms with E-state index in [-0.39, 0.29) is 12.0 Å². The number of halogens is 3. The van der Waals surface area contributed by atoms with Gasteiger partial charge in [0.15, 0.2) is 0 Å². The Labute approximate surface area is 155 Å². The molecule has 0 amide bonds. The van der Waals surface area contributed by atoms with Crippen LogP contribution in [-0.4, -0.2) is 16.1 Å². The highest BCUT2D eigenvalue weighted by Gasteiger charge is 2.24. The highest BCUT2D eigenvalue weighted by atomic mass is 79.9. The highest BCUT2D eigenvalue weighted by Crippen LogP contribution is 2.30. The van der Waals surface area contributed by atoms with Gasteiger partial charge in [0, 0.05) is 21.4 Å². The molecule has 2 N–H and O–H groups in total. The Balaban J connectivity index is 2.13. The number of rotatable bonds is 4. The summed E-state index contributed by atoms with van der Waals surface area (Å²) >= 11 is 9.35. The lowest BCUT2D eigenvalue weighted by Crippen LogP contribution is -2.18. The molecule has 0 spiro atoms. The number of benzene rings is 2. The van der Waals surface area contributed by atoms with Gasteiger partial charge in [-0.1, -0.05) is 17.7 Å². The topological polar surface area (TPSA) is 70.2 Å². The van der Waals surface area contributed by atoms with Crippen molar-refractivity contribution >= 4 is 44.4 Å². The van der Waals surface area contributed by atoms with Gasteiger partial charge in [-0.05, 0) is 63.8 Å². The number of hydrogen-bond acceptors (Lipinski definition) is 2. The monoisotopic (exact) mass is 423 g/mol. The molecule has 0 fully saturated rings. The molecule has 3 aromatic rings. The van der Waals surface area contributed by atoms with Crippen molar-refractivity contribution in [2.45, 2.75) is 12.3 Å². The lowest BCUT2D eigenvalue weighted by atomic mass is 9.90. The number of carboxylic acid groups (broad SMARTS) is 1. The maximum absolute atomic E-state index is 13.6. The van der Waals surface area contributed by atoms with Crippen molar-refractivity contribution in [1.29, 1.82) is 0 Å². The van der Waals surface area contributed by atoms with Crippen LogP contribution in [0.25, 0.3) is 10.9 Å². The highest BCUT2D eigenvalue weighted by molar-refractivity contribution is 9.10. The second-order valence-electron chi connectivity index (χ2n) is 5.62. The van der Waals surface area contributed by atoms with E-state index in [4.69, 9.17) is 11.6 Å². The van der Waals surface area contributed by atoms with Gasteiger partial charge in [0.25, 0.3) is 0 Å². The first-order valence-corrected chi connectivity index (χ1v) is 8.51. The summed E-state index contributed by atoms with van der Waals surface area (Å²) in [5.74, 6) is -2.62. The number of aromatic nitrogens is 1. The summed E-state index contributed by atoms with van der Waals surface area (Å²) in [6.45, 7) is 0. The minimum atomic E-state index is -1.10. The van der Waals surface area contributed by atoms with Crippen molar-refractivity contribution in [3.05, 3.63) is 79.3 Å². The number of hydrogen-bond donors (Lipinski definition) is 2. The first kappa shape index (κ1) is 17.6. The van der Waals surface area contributed by atoms with Gasteiger partial charge < -0.3 is 10.1 Å². The van der Waals surface area contributed by atoms with Crippen LogP contribution < -0.4 is 5.56 Å². The van der Waals surface area contributed by atoms with E-state index in [1.165, 1.54) is 24.3 Å². The number of nitrogens with one attached hydrogen (secondary N) is 1. The summed E-state index contributed by atoms with van der Waals surface area (Å²) in [4.78, 5) is 26.3. The summed E-state index contributed by atoms with van der Waals surface area (Å²) in [6.07, 6.45) is 0.122. The molecule has 1 aromatic heterocycles. The minimum absolute atomic E-state index is 0.122. The van der Waals surface area contributed by atoms with Crippen LogP contribution in [0.2, 0.25) is 5.02 Å². The van der Waals surface area contributed by atoms with Crippen molar-refractivity contribution in [2.24, 2.45) is 0 Å². The Morgan fingerprint density at radius 3 is 2.68 bits per heavy atom. The van der Waals surface area contributed by atoms with Gasteiger partial charge in [-0.15, -0.1) is 0 Å². The third kappa shape index (κ3) is 3.75. The molecule has 0 aliphatic rings. The van der Waals surface area contributed by atoms with Crippen molar-refractivity contribution < 1.29 is 14.3 Å². The van der Waals surface area contributed by atoms with Gasteiger partial charge in [0.05, 0.1) is 10.9 Å². The Morgan fingerprint density at radius 2 is 2.00 bits per heavy atom. The molecule has 1 heterocycles. The molecule has 2 aromatic carbocycles. The fraction of sp³-hybridized carbons (Fsp3) is 0.111. The summed E-state index contributed by atoms with van der Waals surface area (Å²) in [7, 11) is 0. The van der Waals surface area contributed by atoms with Gasteiger partial charge in [0.1, 0.15) is 5.82 Å². The van der Waals surface area contributed by atoms with Crippen LogP contribution >= 0.6 is 27.5 Å². The molecular weight excluding hydrogens is 413 g/mol. The van der Waals surface area contributed by atoms with E-state index in [9.17, 15) is 19.1 Å². The van der Waals surface area contributed by atoms with Crippen LogP contribution in [-0.2, 0) is 11.2 Å². The van der Waals surface area contributed by atoms with E-state index in [2.05, 4.69) is 20.9 Å². The Bertz CT molecular complexity index is 1030. The fourth-order valence-electron chi connectivity index (χ4n) is 2.77. The molecule has 3 rings (SSSR count). The zero-order valence-corrected chi connectivity index (χ0v) is 15.1. The normalized spacial score (nSPS) is 12.3. The van der Waals surface area contributed by atoms with Crippen LogP contribution in [0, 0.1) is 5.82 Å². The van der Waals surface area contributed by atoms with Crippen molar-refractivity contribution in [3.8, 4) is 0 Å². The Morgan fingerprint density at radius 1 is 1.24 bits per heavy atom. The molecule has 1 atom stereocenters. The molecule has 1 unspecified atom stereocenters. The number of aliphatic carboxylic acids is 1. The molecule has 0 saturated heterocycles. The van der Waals surface area contributed by atoms with Gasteiger partial charge in [0.2, 0.25) is 5.56 Å². The van der Waals surface area contributed by atoms with Crippen LogP contribution in [0.3, 0.4) is 0 Å². The summed E-state index contributed by atoms with van der Waals surface area (Å²) in [5.41, 5.74) is 0.924. The Hall–Kier alpha value is -2.18. The number of pyridine rings is 1. The third-order valence-electron chi connectivity index (χ3n) is 3.93. The Kier molecular flexibility index (Phi) is 4.92. The van der Waals surface area contributed by atoms with Crippen LogP contribution in [0.5, 0.6) is 0 Å². The molecular formula is C18H12BrClFNO3. The van der Waals surface area contributed by atoms with Gasteiger partial charge in [-0.2, -0.15) is 0 Å². The standard InChI is InChI=1S/C18H12BrClFNO3/c19-14-3-1-9(6-15(14)20)5-13(18(24)25)11-8-17(23)22-16-4-2-10(21)7-12(11)16/h1-4,6-8,13H,5H2,(H,22,23)(H,24,25). The second kappa shape index (κ2) is 6.98. The largest absolute Gasteiger partial charge is 0.481 e. The molecule has 0 aliphatic heterocycles. The van der Waals surface area contributed by atoms with Crippen LogP contribution in [0.15, 0.2) is 51.7 Å². The predicted molar refractivity (Wildman–Crippen MR) is 97.8 cm³/mol. The van der Waals surface area contributed by atoms with E-state index in [1.807, 2.05) is 0 Å². The summed E-state index contributed by atoms with van der Waals surface area (Å²) in [5, 5.41) is 10.5.